The molecule has 2 aromatic carbocycles. The van der Waals surface area contributed by atoms with Gasteiger partial charge in [0.15, 0.2) is 5.76 Å². The van der Waals surface area contributed by atoms with E-state index in [1.807, 2.05) is 38.1 Å². The van der Waals surface area contributed by atoms with Crippen molar-refractivity contribution in [3.8, 4) is 11.5 Å². The van der Waals surface area contributed by atoms with Crippen LogP contribution in [0.1, 0.15) is 87.5 Å². The lowest BCUT2D eigenvalue weighted by molar-refractivity contribution is -0.129. The van der Waals surface area contributed by atoms with Gasteiger partial charge in [0, 0.05) is 24.6 Å². The van der Waals surface area contributed by atoms with E-state index >= 15 is 0 Å². The minimum atomic E-state index is -0.348. The van der Waals surface area contributed by atoms with Crippen molar-refractivity contribution >= 4 is 17.2 Å². The largest absolute Gasteiger partial charge is 0.508 e. The van der Waals surface area contributed by atoms with Crippen LogP contribution in [0.2, 0.25) is 0 Å². The Morgan fingerprint density at radius 1 is 1.03 bits per heavy atom. The van der Waals surface area contributed by atoms with Crippen LogP contribution in [0.3, 0.4) is 0 Å². The lowest BCUT2D eigenvalue weighted by atomic mass is 9.93. The van der Waals surface area contributed by atoms with Gasteiger partial charge in [-0.15, -0.1) is 0 Å². The van der Waals surface area contributed by atoms with Gasteiger partial charge in [0.2, 0.25) is 5.91 Å². The number of phenols is 2. The Morgan fingerprint density at radius 2 is 1.74 bits per heavy atom. The van der Waals surface area contributed by atoms with Crippen LogP contribution in [0, 0.1) is 0 Å². The molecule has 0 aliphatic heterocycles. The predicted molar refractivity (Wildman–Crippen MR) is 137 cm³/mol. The minimum absolute atomic E-state index is 0.0437. The van der Waals surface area contributed by atoms with E-state index in [1.165, 1.54) is 6.07 Å². The molecule has 8 heteroatoms. The molecule has 0 radical (unpaired) electrons. The third-order valence-electron chi connectivity index (χ3n) is 5.92. The third-order valence-corrected chi connectivity index (χ3v) is 5.92. The summed E-state index contributed by atoms with van der Waals surface area (Å²) in [5.41, 5.74) is 5.79. The number of nitrogens with one attached hydrogen (secondary N) is 2. The van der Waals surface area contributed by atoms with Crippen LogP contribution < -0.4 is 16.7 Å². The van der Waals surface area contributed by atoms with Gasteiger partial charge in [0.1, 0.15) is 11.5 Å². The van der Waals surface area contributed by atoms with Crippen LogP contribution in [0.15, 0.2) is 36.4 Å². The molecule has 0 aromatic heterocycles. The van der Waals surface area contributed by atoms with Gasteiger partial charge in [-0.05, 0) is 54.5 Å². The van der Waals surface area contributed by atoms with Crippen molar-refractivity contribution in [2.24, 2.45) is 5.90 Å². The quantitative estimate of drug-likeness (QED) is 0.0733. The number of allylic oxidation sites excluding steroid dienone is 1. The Bertz CT molecular complexity index is 987. The highest BCUT2D eigenvalue weighted by Crippen LogP contribution is 2.39. The van der Waals surface area contributed by atoms with Gasteiger partial charge in [-0.1, -0.05) is 57.9 Å². The maximum Gasteiger partial charge on any atom is 0.243 e. The van der Waals surface area contributed by atoms with Crippen molar-refractivity contribution in [3.05, 3.63) is 58.7 Å². The summed E-state index contributed by atoms with van der Waals surface area (Å²) < 4.78 is 0. The van der Waals surface area contributed by atoms with Crippen LogP contribution in [-0.2, 0) is 16.2 Å². The molecule has 0 atom stereocenters. The van der Waals surface area contributed by atoms with Crippen molar-refractivity contribution in [2.45, 2.75) is 71.8 Å². The average molecular weight is 486 g/mol. The maximum atomic E-state index is 11.0. The molecule has 7 N–H and O–H groups in total. The van der Waals surface area contributed by atoms with E-state index in [1.54, 1.807) is 11.5 Å². The lowest BCUT2D eigenvalue weighted by Crippen LogP contribution is -2.18. The minimum Gasteiger partial charge on any atom is -0.508 e. The Labute approximate surface area is 207 Å². The first-order chi connectivity index (χ1) is 16.8. The lowest BCUT2D eigenvalue weighted by Gasteiger charge is -2.18. The number of nitrogens with two attached hydrogens (primary N) is 1. The number of unbranched alkanes of at least 4 members (excludes halogenated alkanes) is 2. The number of hydroxylamine groups is 1. The van der Waals surface area contributed by atoms with Crippen LogP contribution in [0.5, 0.6) is 11.5 Å². The zero-order valence-corrected chi connectivity index (χ0v) is 20.9. The predicted octanol–water partition coefficient (Wildman–Crippen LogP) is 4.94. The van der Waals surface area contributed by atoms with Crippen molar-refractivity contribution in [1.29, 1.82) is 0 Å². The number of phenolic OH excluding ortho intramolecular Hbond substituents is 2. The van der Waals surface area contributed by atoms with Gasteiger partial charge in [-0.3, -0.25) is 10.0 Å². The summed E-state index contributed by atoms with van der Waals surface area (Å²) in [6, 6.07) is 11.2. The first-order valence-electron chi connectivity index (χ1n) is 12.2. The number of hydrogen-bond acceptors (Lipinski definition) is 7. The van der Waals surface area contributed by atoms with Crippen LogP contribution in [-0.4, -0.2) is 27.9 Å². The number of hydrogen-bond donors (Lipinski definition) is 6. The van der Waals surface area contributed by atoms with Crippen LogP contribution in [0.4, 0.5) is 0 Å². The second-order valence-electron chi connectivity index (χ2n) is 8.98. The van der Waals surface area contributed by atoms with Crippen molar-refractivity contribution in [2.75, 3.05) is 6.54 Å². The normalized spacial score (nSPS) is 11.9. The van der Waals surface area contributed by atoms with E-state index in [0.29, 0.717) is 29.7 Å². The topological polar surface area (TPSA) is 137 Å². The molecule has 192 valence electrons. The van der Waals surface area contributed by atoms with Gasteiger partial charge in [-0.2, -0.15) is 5.90 Å². The van der Waals surface area contributed by atoms with E-state index in [4.69, 9.17) is 15.9 Å². The van der Waals surface area contributed by atoms with E-state index in [2.05, 4.69) is 12.2 Å². The fourth-order valence-electron chi connectivity index (χ4n) is 4.00. The fraction of sp³-hybridized carbons (Fsp3) is 0.444. The van der Waals surface area contributed by atoms with Crippen LogP contribution >= 0.6 is 0 Å². The number of amides is 1. The third kappa shape index (κ3) is 8.28. The molecule has 35 heavy (non-hydrogen) atoms. The summed E-state index contributed by atoms with van der Waals surface area (Å²) in [6.07, 6.45) is 4.51. The molecule has 0 aliphatic carbocycles. The highest BCUT2D eigenvalue weighted by molar-refractivity contribution is 5.89. The fourth-order valence-corrected chi connectivity index (χ4v) is 4.00. The smallest absolute Gasteiger partial charge is 0.243 e. The summed E-state index contributed by atoms with van der Waals surface area (Å²) >= 11 is 0. The molecule has 2 rings (SSSR count). The second-order valence-corrected chi connectivity index (χ2v) is 8.98. The number of benzene rings is 2. The van der Waals surface area contributed by atoms with E-state index in [9.17, 15) is 15.0 Å². The first kappa shape index (κ1) is 28.2. The molecule has 2 aromatic rings. The molecule has 0 unspecified atom stereocenters. The monoisotopic (exact) mass is 485 g/mol. The second kappa shape index (κ2) is 14.4. The van der Waals surface area contributed by atoms with Gasteiger partial charge in [0.25, 0.3) is 0 Å². The summed E-state index contributed by atoms with van der Waals surface area (Å²) in [7, 11) is 0. The van der Waals surface area contributed by atoms with Gasteiger partial charge >= 0.3 is 0 Å². The van der Waals surface area contributed by atoms with E-state index in [0.717, 1.165) is 55.5 Å². The average Bonchev–Trinajstić information content (AvgIpc) is 2.84. The molecule has 8 nitrogen and oxygen atoms in total. The molecule has 1 amide bonds. The first-order valence-corrected chi connectivity index (χ1v) is 12.2. The molecule has 0 bridgehead atoms. The Kier molecular flexibility index (Phi) is 11.6. The zero-order valence-electron chi connectivity index (χ0n) is 20.9. The highest BCUT2D eigenvalue weighted by atomic mass is 16.6. The Hall–Kier alpha value is -3.07. The molecule has 0 fully saturated rings. The van der Waals surface area contributed by atoms with Crippen molar-refractivity contribution in [1.82, 2.24) is 10.8 Å². The zero-order chi connectivity index (χ0) is 25.8. The molecule has 0 heterocycles. The molecular formula is C27H39N3O5. The standard InChI is InChI=1S/C27H39N3O5/c1-4-8-21(27(35-28)23-15-22(18(2)3)24(31)16-25(23)32)20-12-10-19(11-13-20)17-29-14-7-5-6-9-26(33)30-34/h10-13,15-16,18,29,31-32,34H,4-9,14,17,28H2,1-3H3,(H,30,33)/b27-21+. The van der Waals surface area contributed by atoms with E-state index < -0.39 is 0 Å². The van der Waals surface area contributed by atoms with Gasteiger partial charge in [-0.25, -0.2) is 5.48 Å². The number of rotatable bonds is 14. The molecule has 0 saturated heterocycles. The number of carbonyl (C=O) groups excluding carboxylic acids is 1. The number of carbonyl (C=O) groups is 1. The SMILES string of the molecule is CCC/C(=C(\ON)c1cc(C(C)C)c(O)cc1O)c1ccc(CNCCCCCC(=O)NO)cc1. The summed E-state index contributed by atoms with van der Waals surface area (Å²) in [6.45, 7) is 7.57. The highest BCUT2D eigenvalue weighted by Gasteiger charge is 2.20. The van der Waals surface area contributed by atoms with Crippen molar-refractivity contribution < 1.29 is 25.1 Å². The van der Waals surface area contributed by atoms with Gasteiger partial charge < -0.3 is 20.4 Å². The Morgan fingerprint density at radius 3 is 2.34 bits per heavy atom. The Balaban J connectivity index is 2.13. The van der Waals surface area contributed by atoms with Crippen LogP contribution in [0.25, 0.3) is 11.3 Å². The number of aromatic hydroxyl groups is 2. The summed E-state index contributed by atoms with van der Waals surface area (Å²) in [4.78, 5) is 16.3. The molecule has 0 saturated carbocycles. The summed E-state index contributed by atoms with van der Waals surface area (Å²) in [5.74, 6) is 5.77. The molecule has 0 aliphatic rings. The molecule has 0 spiro atoms. The maximum absolute atomic E-state index is 11.0. The van der Waals surface area contributed by atoms with Crippen molar-refractivity contribution in [3.63, 3.8) is 0 Å². The molecular weight excluding hydrogens is 446 g/mol. The summed E-state index contributed by atoms with van der Waals surface area (Å²) in [5, 5.41) is 32.7. The van der Waals surface area contributed by atoms with Gasteiger partial charge in [0.05, 0.1) is 5.56 Å². The van der Waals surface area contributed by atoms with E-state index in [-0.39, 0.29) is 23.3 Å².